The Bertz CT molecular complexity index is 843. The number of hydrogen-bond acceptors (Lipinski definition) is 2. The van der Waals surface area contributed by atoms with E-state index in [1.165, 1.54) is 38.2 Å². The van der Waals surface area contributed by atoms with Crippen LogP contribution in [0.25, 0.3) is 11.1 Å². The van der Waals surface area contributed by atoms with Crippen LogP contribution in [0.3, 0.4) is 0 Å². The number of aromatic carboxylic acids is 1. The molecule has 0 aliphatic heterocycles. The standard InChI is InChI=1S/C25H32FNO2/c1-3-20(13-18-10-5-4-6-11-18)27-16-19-14-22(21-12-8-7-9-17(21)2)23(25(28)29)15-24(19)26/h7-9,12,14-15,18,20,27H,3-6,10-11,13,16H2,1-2H3,(H,28,29). The number of benzene rings is 2. The van der Waals surface area contributed by atoms with Gasteiger partial charge in [-0.05, 0) is 54.5 Å². The van der Waals surface area contributed by atoms with Crippen LogP contribution in [0.5, 0.6) is 0 Å². The van der Waals surface area contributed by atoms with Crippen molar-refractivity contribution in [3.8, 4) is 11.1 Å². The second-order valence-electron chi connectivity index (χ2n) is 8.34. The van der Waals surface area contributed by atoms with Gasteiger partial charge in [0, 0.05) is 18.2 Å². The second kappa shape index (κ2) is 10.0. The van der Waals surface area contributed by atoms with Gasteiger partial charge < -0.3 is 10.4 Å². The molecule has 0 spiro atoms. The minimum absolute atomic E-state index is 0.00907. The molecule has 1 aliphatic rings. The van der Waals surface area contributed by atoms with E-state index in [-0.39, 0.29) is 5.56 Å². The molecule has 4 heteroatoms. The van der Waals surface area contributed by atoms with Crippen LogP contribution in [0.1, 0.15) is 73.4 Å². The molecule has 0 bridgehead atoms. The van der Waals surface area contributed by atoms with Gasteiger partial charge in [-0.25, -0.2) is 9.18 Å². The van der Waals surface area contributed by atoms with Gasteiger partial charge in [-0.15, -0.1) is 0 Å². The van der Waals surface area contributed by atoms with Crippen molar-refractivity contribution in [2.75, 3.05) is 0 Å². The molecule has 2 aromatic carbocycles. The molecular formula is C25H32FNO2. The van der Waals surface area contributed by atoms with Gasteiger partial charge in [0.2, 0.25) is 0 Å². The number of hydrogen-bond donors (Lipinski definition) is 2. The molecule has 1 fully saturated rings. The lowest BCUT2D eigenvalue weighted by atomic mass is 9.84. The number of carbonyl (C=O) groups is 1. The lowest BCUT2D eigenvalue weighted by molar-refractivity contribution is 0.0697. The fourth-order valence-electron chi connectivity index (χ4n) is 4.50. The van der Waals surface area contributed by atoms with E-state index in [0.29, 0.717) is 23.7 Å². The summed E-state index contributed by atoms with van der Waals surface area (Å²) in [6, 6.07) is 10.9. The summed E-state index contributed by atoms with van der Waals surface area (Å²) in [5.74, 6) is -0.798. The maximum atomic E-state index is 14.7. The summed E-state index contributed by atoms with van der Waals surface area (Å²) in [6.07, 6.45) is 8.75. The van der Waals surface area contributed by atoms with Crippen LogP contribution in [0.15, 0.2) is 36.4 Å². The Kier molecular flexibility index (Phi) is 7.43. The quantitative estimate of drug-likeness (QED) is 0.546. The number of aryl methyl sites for hydroxylation is 1. The molecule has 3 rings (SSSR count). The van der Waals surface area contributed by atoms with Gasteiger partial charge in [0.05, 0.1) is 5.56 Å². The fraction of sp³-hybridized carbons (Fsp3) is 0.480. The smallest absolute Gasteiger partial charge is 0.336 e. The fourth-order valence-corrected chi connectivity index (χ4v) is 4.50. The largest absolute Gasteiger partial charge is 0.478 e. The van der Waals surface area contributed by atoms with Gasteiger partial charge in [0.15, 0.2) is 0 Å². The van der Waals surface area contributed by atoms with Crippen LogP contribution < -0.4 is 5.32 Å². The lowest BCUT2D eigenvalue weighted by Gasteiger charge is -2.27. The highest BCUT2D eigenvalue weighted by atomic mass is 19.1. The number of carboxylic acids is 1. The number of carboxylic acid groups (broad SMARTS) is 1. The van der Waals surface area contributed by atoms with Gasteiger partial charge in [-0.1, -0.05) is 63.3 Å². The first-order valence-corrected chi connectivity index (χ1v) is 10.8. The Morgan fingerprint density at radius 2 is 1.90 bits per heavy atom. The molecule has 1 atom stereocenters. The third-order valence-corrected chi connectivity index (χ3v) is 6.27. The Morgan fingerprint density at radius 1 is 1.17 bits per heavy atom. The second-order valence-corrected chi connectivity index (χ2v) is 8.34. The van der Waals surface area contributed by atoms with Crippen LogP contribution >= 0.6 is 0 Å². The minimum atomic E-state index is -1.11. The third-order valence-electron chi connectivity index (χ3n) is 6.27. The van der Waals surface area contributed by atoms with Crippen molar-refractivity contribution in [3.63, 3.8) is 0 Å². The molecule has 156 valence electrons. The maximum absolute atomic E-state index is 14.7. The van der Waals surface area contributed by atoms with E-state index in [4.69, 9.17) is 0 Å². The number of nitrogens with one attached hydrogen (secondary N) is 1. The zero-order chi connectivity index (χ0) is 20.8. The predicted octanol–water partition coefficient (Wildman–Crippen LogP) is 6.34. The molecule has 0 saturated heterocycles. The van der Waals surface area contributed by atoms with Crippen LogP contribution in [-0.4, -0.2) is 17.1 Å². The van der Waals surface area contributed by atoms with Crippen molar-refractivity contribution in [1.82, 2.24) is 5.32 Å². The zero-order valence-electron chi connectivity index (χ0n) is 17.5. The monoisotopic (exact) mass is 397 g/mol. The molecular weight excluding hydrogens is 365 g/mol. The van der Waals surface area contributed by atoms with E-state index in [0.717, 1.165) is 29.9 Å². The summed E-state index contributed by atoms with van der Waals surface area (Å²) in [6.45, 7) is 4.53. The van der Waals surface area contributed by atoms with Gasteiger partial charge in [-0.2, -0.15) is 0 Å². The summed E-state index contributed by atoms with van der Waals surface area (Å²) in [4.78, 5) is 11.7. The topological polar surface area (TPSA) is 49.3 Å². The molecule has 1 saturated carbocycles. The normalized spacial score (nSPS) is 16.0. The summed E-state index contributed by atoms with van der Waals surface area (Å²) in [5.41, 5.74) is 2.92. The van der Waals surface area contributed by atoms with Crippen LogP contribution in [0.2, 0.25) is 0 Å². The first-order valence-electron chi connectivity index (χ1n) is 10.8. The van der Waals surface area contributed by atoms with Crippen LogP contribution in [0.4, 0.5) is 4.39 Å². The number of rotatable bonds is 8. The van der Waals surface area contributed by atoms with Gasteiger partial charge in [-0.3, -0.25) is 0 Å². The highest BCUT2D eigenvalue weighted by Gasteiger charge is 2.20. The van der Waals surface area contributed by atoms with Crippen molar-refractivity contribution in [3.05, 3.63) is 58.9 Å². The van der Waals surface area contributed by atoms with Crippen LogP contribution in [0, 0.1) is 18.7 Å². The summed E-state index contributed by atoms with van der Waals surface area (Å²) in [7, 11) is 0. The predicted molar refractivity (Wildman–Crippen MR) is 116 cm³/mol. The van der Waals surface area contributed by atoms with E-state index in [1.807, 2.05) is 31.2 Å². The van der Waals surface area contributed by atoms with E-state index in [2.05, 4.69) is 12.2 Å². The molecule has 0 heterocycles. The highest BCUT2D eigenvalue weighted by Crippen LogP contribution is 2.30. The summed E-state index contributed by atoms with van der Waals surface area (Å²) >= 11 is 0. The van der Waals surface area contributed by atoms with Gasteiger partial charge in [0.1, 0.15) is 5.82 Å². The molecule has 2 N–H and O–H groups in total. The Hall–Kier alpha value is -2.20. The Labute approximate surface area is 173 Å². The lowest BCUT2D eigenvalue weighted by Crippen LogP contribution is -2.31. The molecule has 1 unspecified atom stereocenters. The van der Waals surface area contributed by atoms with Gasteiger partial charge >= 0.3 is 5.97 Å². The van der Waals surface area contributed by atoms with Gasteiger partial charge in [0.25, 0.3) is 0 Å². The molecule has 29 heavy (non-hydrogen) atoms. The SMILES string of the molecule is CCC(CC1CCCCC1)NCc1cc(-c2ccccc2C)c(C(=O)O)cc1F. The molecule has 3 nitrogen and oxygen atoms in total. The molecule has 0 radical (unpaired) electrons. The summed E-state index contributed by atoms with van der Waals surface area (Å²) in [5, 5.41) is 13.1. The molecule has 1 aliphatic carbocycles. The molecule has 2 aromatic rings. The zero-order valence-corrected chi connectivity index (χ0v) is 17.5. The van der Waals surface area contributed by atoms with E-state index in [9.17, 15) is 14.3 Å². The first kappa shape index (κ1) is 21.5. The van der Waals surface area contributed by atoms with Crippen molar-refractivity contribution in [1.29, 1.82) is 0 Å². The molecule has 0 amide bonds. The van der Waals surface area contributed by atoms with E-state index in [1.54, 1.807) is 6.07 Å². The van der Waals surface area contributed by atoms with E-state index >= 15 is 0 Å². The average Bonchev–Trinajstić information content (AvgIpc) is 2.72. The number of halogens is 1. The first-order chi connectivity index (χ1) is 14.0. The van der Waals surface area contributed by atoms with Crippen molar-refractivity contribution in [2.24, 2.45) is 5.92 Å². The Balaban J connectivity index is 1.80. The summed E-state index contributed by atoms with van der Waals surface area (Å²) < 4.78 is 14.7. The average molecular weight is 398 g/mol. The molecule has 0 aromatic heterocycles. The minimum Gasteiger partial charge on any atom is -0.478 e. The van der Waals surface area contributed by atoms with Crippen molar-refractivity contribution < 1.29 is 14.3 Å². The highest BCUT2D eigenvalue weighted by molar-refractivity contribution is 5.96. The van der Waals surface area contributed by atoms with Crippen molar-refractivity contribution in [2.45, 2.75) is 71.4 Å². The van der Waals surface area contributed by atoms with E-state index < -0.39 is 11.8 Å². The maximum Gasteiger partial charge on any atom is 0.336 e. The van der Waals surface area contributed by atoms with Crippen LogP contribution in [-0.2, 0) is 6.54 Å². The third kappa shape index (κ3) is 5.45. The van der Waals surface area contributed by atoms with Crippen molar-refractivity contribution >= 4 is 5.97 Å². The Morgan fingerprint density at radius 3 is 2.55 bits per heavy atom.